The first kappa shape index (κ1) is 22.4. The van der Waals surface area contributed by atoms with Crippen molar-refractivity contribution in [3.05, 3.63) is 0 Å². The summed E-state index contributed by atoms with van der Waals surface area (Å²) < 4.78 is 9.46. The molecule has 0 aromatic rings. The molecule has 0 heterocycles. The van der Waals surface area contributed by atoms with E-state index in [1.807, 2.05) is 19.7 Å². The number of carbonyl (C=O) groups excluding carboxylic acids is 1. The van der Waals surface area contributed by atoms with Crippen LogP contribution in [0.4, 0.5) is 0 Å². The Kier molecular flexibility index (Phi) is 50.6. The molecule has 0 radical (unpaired) electrons. The van der Waals surface area contributed by atoms with Gasteiger partial charge in [0, 0.05) is 0 Å². The number of hydrogen-bond donors (Lipinski definition) is 1. The molecule has 0 rings (SSSR count). The predicted octanol–water partition coefficient (Wildman–Crippen LogP) is 2.37. The van der Waals surface area contributed by atoms with Gasteiger partial charge in [0.05, 0.1) is 0 Å². The number of carbonyl (C=O) groups is 1. The monoisotopic (exact) mass is 320 g/mol. The molecule has 0 aromatic heterocycles. The molecule has 4 heteroatoms. The zero-order valence-corrected chi connectivity index (χ0v) is 7.94. The van der Waals surface area contributed by atoms with Gasteiger partial charge in [-0.3, -0.25) is 0 Å². The van der Waals surface area contributed by atoms with E-state index >= 15 is 0 Å². The summed E-state index contributed by atoms with van der Waals surface area (Å²) in [6, 6.07) is 0. The minimum absolute atomic E-state index is 0. The standard InChI is InChI=1S/C2H5NO.4CH4.Ga.HI.H/c1-2(3)4;;;;;;;/h1H3,(H2,3,4);4*1H4;;1H;/q;;;;;+2;;/p-2/i;;;;;;;1+1. The van der Waals surface area contributed by atoms with Crippen LogP contribution in [0, 0.1) is 0 Å². The van der Waals surface area contributed by atoms with Gasteiger partial charge in [-0.2, -0.15) is 0 Å². The molecule has 10 heavy (non-hydrogen) atoms. The molecule has 0 aliphatic heterocycles. The number of halogens is 1. The van der Waals surface area contributed by atoms with Gasteiger partial charge < -0.3 is 0 Å². The third-order valence-corrected chi connectivity index (χ3v) is 2.96. The van der Waals surface area contributed by atoms with Crippen molar-refractivity contribution in [3.8, 4) is 0 Å². The Bertz CT molecular complexity index is 83.0. The van der Waals surface area contributed by atoms with E-state index in [0.29, 0.717) is 0 Å². The van der Waals surface area contributed by atoms with Gasteiger partial charge in [0.1, 0.15) is 0 Å². The van der Waals surface area contributed by atoms with Gasteiger partial charge in [0.15, 0.2) is 0 Å². The van der Waals surface area contributed by atoms with Crippen LogP contribution in [-0.2, 0) is 4.79 Å². The summed E-state index contributed by atoms with van der Waals surface area (Å²) in [4.78, 5) is 10.1. The maximum atomic E-state index is 10.1. The second-order valence-electron chi connectivity index (χ2n) is 0.810. The predicted molar refractivity (Wildman–Crippen MR) is 61.9 cm³/mol. The van der Waals surface area contributed by atoms with Crippen molar-refractivity contribution in [2.75, 3.05) is 0 Å². The number of rotatable bonds is 1. The van der Waals surface area contributed by atoms with Crippen LogP contribution in [0.1, 0.15) is 36.6 Å². The second-order valence-corrected chi connectivity index (χ2v) is 5.11. The average molecular weight is 321 g/mol. The normalized spacial score (nSPS) is 5.60. The first-order valence-electron chi connectivity index (χ1n) is 2.04. The van der Waals surface area contributed by atoms with E-state index in [-0.39, 0.29) is 35.6 Å². The summed E-state index contributed by atoms with van der Waals surface area (Å²) in [7, 11) is 0. The van der Waals surface area contributed by atoms with Gasteiger partial charge in [-0.25, -0.2) is 0 Å². The Hall–Kier alpha value is 0.836. The van der Waals surface area contributed by atoms with E-state index in [1.165, 1.54) is 6.92 Å². The van der Waals surface area contributed by atoms with Gasteiger partial charge in [-0.1, -0.05) is 29.7 Å². The SMILES string of the molecule is C.C.C.C.[2H][Ga]([I])[NH]C(C)=O. The van der Waals surface area contributed by atoms with E-state index in [9.17, 15) is 4.79 Å². The molecule has 1 amide bonds. The Morgan fingerprint density at radius 1 is 1.50 bits per heavy atom. The van der Waals surface area contributed by atoms with Crippen LogP contribution in [0.5, 0.6) is 0 Å². The summed E-state index contributed by atoms with van der Waals surface area (Å²) >= 11 is -0.0142. The van der Waals surface area contributed by atoms with Crippen molar-refractivity contribution in [1.29, 1.82) is 0.816 Å². The molecule has 0 spiro atoms. The zero-order chi connectivity index (χ0) is 5.86. The van der Waals surface area contributed by atoms with Crippen LogP contribution >= 0.6 is 19.7 Å². The van der Waals surface area contributed by atoms with Crippen molar-refractivity contribution >= 4 is 39.5 Å². The van der Waals surface area contributed by atoms with Crippen molar-refractivity contribution in [2.45, 2.75) is 36.6 Å². The summed E-state index contributed by atoms with van der Waals surface area (Å²) in [6.45, 7) is 1.44. The summed E-state index contributed by atoms with van der Waals surface area (Å²) in [5, 5.41) is 0. The van der Waals surface area contributed by atoms with Gasteiger partial charge in [0.25, 0.3) is 0 Å². The molecular weight excluding hydrogens is 299 g/mol. The Labute approximate surface area is 85.4 Å². The van der Waals surface area contributed by atoms with E-state index in [1.54, 1.807) is 0 Å². The van der Waals surface area contributed by atoms with Crippen LogP contribution < -0.4 is 4.02 Å². The van der Waals surface area contributed by atoms with Crippen LogP contribution in [-0.4, -0.2) is 20.7 Å². The first-order chi connectivity index (χ1) is 3.13. The minimum atomic E-state index is -1.99. The Morgan fingerprint density at radius 3 is 1.80 bits per heavy atom. The number of amides is 1. The molecule has 0 bridgehead atoms. The molecule has 0 fully saturated rings. The van der Waals surface area contributed by atoms with Crippen LogP contribution in [0.2, 0.25) is 0 Å². The van der Waals surface area contributed by atoms with Crippen molar-refractivity contribution in [1.82, 2.24) is 4.02 Å². The molecule has 0 aromatic carbocycles. The molecule has 2 nitrogen and oxygen atoms in total. The van der Waals surface area contributed by atoms with Crippen LogP contribution in [0.3, 0.4) is 0 Å². The molecule has 0 saturated heterocycles. The van der Waals surface area contributed by atoms with Crippen LogP contribution in [0.15, 0.2) is 0 Å². The Balaban J connectivity index is -0.0000000300. The fourth-order valence-electron chi connectivity index (χ4n) is 0.0768. The van der Waals surface area contributed by atoms with Crippen molar-refractivity contribution in [2.24, 2.45) is 0 Å². The van der Waals surface area contributed by atoms with Crippen molar-refractivity contribution in [3.63, 3.8) is 0 Å². The fourth-order valence-corrected chi connectivity index (χ4v) is 2.68. The van der Waals surface area contributed by atoms with Crippen LogP contribution in [0.25, 0.3) is 0 Å². The quantitative estimate of drug-likeness (QED) is 0.583. The van der Waals surface area contributed by atoms with E-state index in [4.69, 9.17) is 0.816 Å². The first-order valence-corrected chi connectivity index (χ1v) is 10.1. The maximum absolute atomic E-state index is 10.1. The average Bonchev–Trinajstić information content (AvgIpc) is 1.27. The molecule has 0 saturated carbocycles. The van der Waals surface area contributed by atoms with Crippen molar-refractivity contribution < 1.29 is 4.79 Å². The van der Waals surface area contributed by atoms with E-state index < -0.39 is 13.9 Å². The third-order valence-electron chi connectivity index (χ3n) is 0.258. The number of hydrogen-bond acceptors (Lipinski definition) is 1. The van der Waals surface area contributed by atoms with Gasteiger partial charge in [0.2, 0.25) is 0 Å². The summed E-state index contributed by atoms with van der Waals surface area (Å²) in [5.41, 5.74) is 0. The van der Waals surface area contributed by atoms with Gasteiger partial charge in [-0.05, 0) is 0 Å². The number of nitrogens with one attached hydrogen (secondary N) is 1. The summed E-state index contributed by atoms with van der Waals surface area (Å²) in [6.07, 6.45) is 0. The van der Waals surface area contributed by atoms with Gasteiger partial charge in [-0.15, -0.1) is 0 Å². The second kappa shape index (κ2) is 22.5. The van der Waals surface area contributed by atoms with Gasteiger partial charge >= 0.3 is 56.1 Å². The molecule has 0 unspecified atom stereocenters. The Morgan fingerprint density at radius 2 is 1.80 bits per heavy atom. The van der Waals surface area contributed by atoms with E-state index in [2.05, 4.69) is 4.02 Å². The molecule has 0 aliphatic rings. The summed E-state index contributed by atoms with van der Waals surface area (Å²) in [5.74, 6) is -0.0746. The molecule has 0 aliphatic carbocycles. The topological polar surface area (TPSA) is 29.1 Å². The molecular formula is C6H21GaINO. The molecule has 0 atom stereocenters. The molecule has 1 N–H and O–H groups in total. The zero-order valence-electron chi connectivity index (χ0n) is 4.36. The fraction of sp³-hybridized carbons (Fsp3) is 0.833. The van der Waals surface area contributed by atoms with E-state index in [0.717, 1.165) is 0 Å². The third kappa shape index (κ3) is 36.9. The molecule has 66 valence electrons.